The Hall–Kier alpha value is -1.58. The first-order chi connectivity index (χ1) is 13.3. The summed E-state index contributed by atoms with van der Waals surface area (Å²) in [5.41, 5.74) is 0.180. The molecule has 0 bridgehead atoms. The number of hydrogen-bond donors (Lipinski definition) is 0. The average Bonchev–Trinajstić information content (AvgIpc) is 3.00. The van der Waals surface area contributed by atoms with Crippen LogP contribution in [0, 0.1) is 28.6 Å². The monoisotopic (exact) mass is 385 g/mol. The predicted octanol–water partition coefficient (Wildman–Crippen LogP) is 4.50. The summed E-state index contributed by atoms with van der Waals surface area (Å²) in [5.74, 6) is 1.99. The fraction of sp³-hybridized carbons (Fsp3) is 0.750. The molecule has 3 saturated carbocycles. The molecule has 28 heavy (non-hydrogen) atoms. The van der Waals surface area contributed by atoms with Crippen LogP contribution in [-0.2, 0) is 14.3 Å². The quantitative estimate of drug-likeness (QED) is 0.529. The fourth-order valence-corrected chi connectivity index (χ4v) is 7.32. The van der Waals surface area contributed by atoms with Gasteiger partial charge in [-0.15, -0.1) is 6.58 Å². The summed E-state index contributed by atoms with van der Waals surface area (Å²) in [5, 5.41) is 0. The number of likely N-dealkylation sites (N-methyl/N-ethyl adjacent to an activating group) is 1. The van der Waals surface area contributed by atoms with Crippen LogP contribution in [0.2, 0.25) is 0 Å². The van der Waals surface area contributed by atoms with Crippen molar-refractivity contribution in [3.8, 4) is 0 Å². The molecule has 0 aromatic heterocycles. The van der Waals surface area contributed by atoms with Gasteiger partial charge in [0.2, 0.25) is 5.91 Å². The summed E-state index contributed by atoms with van der Waals surface area (Å²) in [4.78, 5) is 26.4. The molecule has 1 amide bonds. The lowest BCUT2D eigenvalue weighted by molar-refractivity contribution is -0.161. The van der Waals surface area contributed by atoms with Gasteiger partial charge in [-0.3, -0.25) is 9.59 Å². The van der Waals surface area contributed by atoms with Gasteiger partial charge in [0.25, 0.3) is 0 Å². The molecule has 3 aliphatic carbocycles. The maximum absolute atomic E-state index is 12.2. The zero-order valence-corrected chi connectivity index (χ0v) is 17.7. The Morgan fingerprint density at radius 3 is 2.79 bits per heavy atom. The van der Waals surface area contributed by atoms with Gasteiger partial charge < -0.3 is 9.64 Å². The Bertz CT molecular complexity index is 700. The lowest BCUT2D eigenvalue weighted by Crippen LogP contribution is -2.59. The third-order valence-electron chi connectivity index (χ3n) is 8.87. The van der Waals surface area contributed by atoms with Gasteiger partial charge in [0, 0.05) is 30.3 Å². The van der Waals surface area contributed by atoms with Gasteiger partial charge in [0.15, 0.2) is 0 Å². The number of carbonyl (C=O) groups excluding carboxylic acids is 2. The zero-order chi connectivity index (χ0) is 20.1. The summed E-state index contributed by atoms with van der Waals surface area (Å²) in [6, 6.07) is 0.324. The topological polar surface area (TPSA) is 46.6 Å². The van der Waals surface area contributed by atoms with E-state index < -0.39 is 0 Å². The second kappa shape index (κ2) is 7.03. The van der Waals surface area contributed by atoms with E-state index in [-0.39, 0.29) is 28.8 Å². The summed E-state index contributed by atoms with van der Waals surface area (Å²) in [7, 11) is 1.97. The third kappa shape index (κ3) is 2.86. The van der Waals surface area contributed by atoms with Crippen molar-refractivity contribution >= 4 is 11.9 Å². The first-order valence-corrected chi connectivity index (χ1v) is 11.1. The van der Waals surface area contributed by atoms with E-state index >= 15 is 0 Å². The van der Waals surface area contributed by atoms with E-state index in [2.05, 4.69) is 26.5 Å². The van der Waals surface area contributed by atoms with E-state index in [9.17, 15) is 9.59 Å². The van der Waals surface area contributed by atoms with Crippen molar-refractivity contribution in [2.75, 3.05) is 7.05 Å². The first kappa shape index (κ1) is 19.7. The number of rotatable bonds is 4. The van der Waals surface area contributed by atoms with Crippen molar-refractivity contribution in [1.29, 1.82) is 0 Å². The van der Waals surface area contributed by atoms with Crippen LogP contribution in [0.1, 0.15) is 65.2 Å². The number of hydrogen-bond acceptors (Lipinski definition) is 3. The molecule has 0 radical (unpaired) electrons. The maximum atomic E-state index is 12.2. The molecule has 4 heteroatoms. The highest BCUT2D eigenvalue weighted by Crippen LogP contribution is 2.64. The number of allylic oxidation sites excluding steroid dienone is 1. The van der Waals surface area contributed by atoms with Crippen LogP contribution in [0.3, 0.4) is 0 Å². The van der Waals surface area contributed by atoms with E-state index in [0.29, 0.717) is 36.6 Å². The van der Waals surface area contributed by atoms with Crippen molar-refractivity contribution in [1.82, 2.24) is 4.90 Å². The predicted molar refractivity (Wildman–Crippen MR) is 109 cm³/mol. The largest absolute Gasteiger partial charge is 0.462 e. The Labute approximate surface area is 169 Å². The normalized spacial score (nSPS) is 44.5. The molecule has 4 nitrogen and oxygen atoms in total. The van der Waals surface area contributed by atoms with Crippen molar-refractivity contribution in [2.24, 2.45) is 28.6 Å². The van der Waals surface area contributed by atoms with Gasteiger partial charge in [-0.2, -0.15) is 0 Å². The molecular weight excluding hydrogens is 350 g/mol. The highest BCUT2D eigenvalue weighted by molar-refractivity contribution is 5.89. The van der Waals surface area contributed by atoms with Gasteiger partial charge >= 0.3 is 5.97 Å². The third-order valence-corrected chi connectivity index (χ3v) is 8.87. The van der Waals surface area contributed by atoms with E-state index in [1.54, 1.807) is 12.2 Å². The summed E-state index contributed by atoms with van der Waals surface area (Å²) >= 11 is 0. The van der Waals surface area contributed by atoms with Crippen LogP contribution >= 0.6 is 0 Å². The SMILES string of the molecule is C=CCCC(=O)O[C@H]1CCC2C3CCC4N(C)C(=O)C=C[C@]4(C)C3CC[C@@]21C. The van der Waals surface area contributed by atoms with Crippen LogP contribution in [-0.4, -0.2) is 36.0 Å². The average molecular weight is 386 g/mol. The standard InChI is InChI=1S/C24H35NO3/c1-5-6-7-22(27)28-20-11-9-17-16-8-10-19-23(2,15-13-21(26)25(19)4)18(16)12-14-24(17,20)3/h5,13,15-20H,1,6-12,14H2,2-4H3/t16?,17?,18?,19?,20-,23+,24-/m0/s1. The Balaban J connectivity index is 1.53. The lowest BCUT2D eigenvalue weighted by atomic mass is 9.48. The summed E-state index contributed by atoms with van der Waals surface area (Å²) in [6.45, 7) is 8.44. The van der Waals surface area contributed by atoms with E-state index in [1.165, 1.54) is 6.42 Å². The minimum atomic E-state index is -0.0695. The molecule has 4 unspecified atom stereocenters. The van der Waals surface area contributed by atoms with Gasteiger partial charge in [-0.25, -0.2) is 0 Å². The summed E-state index contributed by atoms with van der Waals surface area (Å²) in [6.07, 6.45) is 13.7. The van der Waals surface area contributed by atoms with Crippen LogP contribution < -0.4 is 0 Å². The van der Waals surface area contributed by atoms with Gasteiger partial charge in [0.1, 0.15) is 6.10 Å². The molecular formula is C24H35NO3. The minimum Gasteiger partial charge on any atom is -0.462 e. The van der Waals surface area contributed by atoms with E-state index in [1.807, 2.05) is 11.9 Å². The highest BCUT2D eigenvalue weighted by atomic mass is 16.5. The molecule has 4 aliphatic rings. The van der Waals surface area contributed by atoms with Crippen LogP contribution in [0.25, 0.3) is 0 Å². The van der Waals surface area contributed by atoms with Crippen LogP contribution in [0.4, 0.5) is 0 Å². The van der Waals surface area contributed by atoms with Gasteiger partial charge in [-0.1, -0.05) is 26.0 Å². The second-order valence-electron chi connectivity index (χ2n) is 10.0. The van der Waals surface area contributed by atoms with E-state index in [0.717, 1.165) is 32.1 Å². The maximum Gasteiger partial charge on any atom is 0.306 e. The molecule has 1 aliphatic heterocycles. The van der Waals surface area contributed by atoms with Crippen molar-refractivity contribution < 1.29 is 14.3 Å². The molecule has 0 saturated heterocycles. The molecule has 0 aromatic rings. The minimum absolute atomic E-state index is 0.0624. The number of amides is 1. The number of fused-ring (bicyclic) bond motifs is 5. The number of esters is 1. The molecule has 154 valence electrons. The lowest BCUT2D eigenvalue weighted by Gasteiger charge is -2.60. The Kier molecular flexibility index (Phi) is 4.96. The Morgan fingerprint density at radius 1 is 1.25 bits per heavy atom. The van der Waals surface area contributed by atoms with Crippen LogP contribution in [0.5, 0.6) is 0 Å². The van der Waals surface area contributed by atoms with E-state index in [4.69, 9.17) is 4.74 Å². The smallest absolute Gasteiger partial charge is 0.306 e. The highest BCUT2D eigenvalue weighted by Gasteiger charge is 2.61. The Morgan fingerprint density at radius 2 is 2.04 bits per heavy atom. The van der Waals surface area contributed by atoms with Crippen molar-refractivity contribution in [3.63, 3.8) is 0 Å². The molecule has 0 spiro atoms. The number of carbonyl (C=O) groups is 2. The first-order valence-electron chi connectivity index (χ1n) is 11.1. The molecule has 1 heterocycles. The van der Waals surface area contributed by atoms with Crippen LogP contribution in [0.15, 0.2) is 24.8 Å². The zero-order valence-electron chi connectivity index (χ0n) is 17.7. The van der Waals surface area contributed by atoms with Crippen molar-refractivity contribution in [3.05, 3.63) is 24.8 Å². The molecule has 0 N–H and O–H groups in total. The second-order valence-corrected chi connectivity index (χ2v) is 10.0. The summed E-state index contributed by atoms with van der Waals surface area (Å²) < 4.78 is 5.97. The molecule has 0 aromatic carbocycles. The van der Waals surface area contributed by atoms with Gasteiger partial charge in [-0.05, 0) is 68.8 Å². The van der Waals surface area contributed by atoms with Gasteiger partial charge in [0.05, 0.1) is 0 Å². The van der Waals surface area contributed by atoms with Crippen molar-refractivity contribution in [2.45, 2.75) is 77.4 Å². The number of ether oxygens (including phenoxy) is 1. The number of nitrogens with zero attached hydrogens (tertiary/aromatic N) is 1. The fourth-order valence-electron chi connectivity index (χ4n) is 7.32. The molecule has 4 rings (SSSR count). The molecule has 7 atom stereocenters. The molecule has 3 fully saturated rings.